The zero-order chi connectivity index (χ0) is 51.4. The van der Waals surface area contributed by atoms with Gasteiger partial charge in [0.25, 0.3) is 0 Å². The van der Waals surface area contributed by atoms with Crippen LogP contribution in [0.4, 0.5) is 0 Å². The number of hydrogen-bond donors (Lipinski definition) is 0. The summed E-state index contributed by atoms with van der Waals surface area (Å²) in [4.78, 5) is 38.2. The fraction of sp³-hybridized carbons (Fsp3) is 0.646. The lowest BCUT2D eigenvalue weighted by Gasteiger charge is -2.18. The number of allylic oxidation sites excluding steroid dienone is 20. The Balaban J connectivity index is 4.49. The molecular weight excluding hydrogens is 877 g/mol. The molecule has 0 saturated carbocycles. The van der Waals surface area contributed by atoms with Crippen LogP contribution in [0, 0.1) is 0 Å². The minimum atomic E-state index is -0.806. The summed E-state index contributed by atoms with van der Waals surface area (Å²) in [5, 5.41) is 0. The van der Waals surface area contributed by atoms with Gasteiger partial charge >= 0.3 is 17.9 Å². The molecule has 0 aliphatic heterocycles. The SMILES string of the molecule is CC/C=C\C/C=C\C/C=C\C/C=C\C/C=C\CCCCCC(=O)OCC(COC(=O)CCCCCCC/C=C\C/C=C\C/C=C\CC)OC(=O)CCCCCCCCCCC/C=C\C/C=C\CCCCC. The molecule has 0 aliphatic rings. The molecular formula is C65H106O6. The summed E-state index contributed by atoms with van der Waals surface area (Å²) in [5.41, 5.74) is 0. The number of rotatable bonds is 51. The molecule has 1 unspecified atom stereocenters. The first-order valence-electron chi connectivity index (χ1n) is 29.0. The Kier molecular flexibility index (Phi) is 54.9. The third-order valence-electron chi connectivity index (χ3n) is 11.9. The second-order valence-corrected chi connectivity index (χ2v) is 18.8. The molecule has 0 spiro atoms. The largest absolute Gasteiger partial charge is 0.462 e. The molecule has 0 aromatic carbocycles. The lowest BCUT2D eigenvalue weighted by Crippen LogP contribution is -2.30. The Morgan fingerprint density at radius 3 is 0.873 bits per heavy atom. The van der Waals surface area contributed by atoms with E-state index in [0.29, 0.717) is 19.3 Å². The smallest absolute Gasteiger partial charge is 0.306 e. The number of carbonyl (C=O) groups is 3. The van der Waals surface area contributed by atoms with E-state index in [4.69, 9.17) is 14.2 Å². The highest BCUT2D eigenvalue weighted by atomic mass is 16.6. The van der Waals surface area contributed by atoms with E-state index < -0.39 is 6.10 Å². The van der Waals surface area contributed by atoms with Crippen molar-refractivity contribution >= 4 is 17.9 Å². The zero-order valence-corrected chi connectivity index (χ0v) is 45.9. The topological polar surface area (TPSA) is 78.9 Å². The van der Waals surface area contributed by atoms with E-state index >= 15 is 0 Å². The van der Waals surface area contributed by atoms with E-state index in [9.17, 15) is 14.4 Å². The standard InChI is InChI=1S/C65H106O6/c1-4-7-10-13-16-19-22-25-28-30-32-34-37-40-43-46-49-52-55-58-64(67)70-61-62(60-69-63(66)57-54-51-48-45-42-39-36-27-24-21-18-15-12-9-6-3)71-65(68)59-56-53-50-47-44-41-38-35-33-31-29-26-23-20-17-14-11-8-5-2/h7,9-10,12,16-21,25-29,32,34,36,40,43,62H,4-6,8,11,13-15,22-24,30-31,33,35,37-39,41-42,44-61H2,1-3H3/b10-7-,12-9-,19-16-,20-17-,21-18-,28-25-,29-26-,34-32-,36-27-,43-40-. The predicted octanol–water partition coefficient (Wildman–Crippen LogP) is 19.6. The van der Waals surface area contributed by atoms with E-state index in [0.717, 1.165) is 141 Å². The van der Waals surface area contributed by atoms with Crippen LogP contribution < -0.4 is 0 Å². The van der Waals surface area contributed by atoms with E-state index in [-0.39, 0.29) is 31.1 Å². The Morgan fingerprint density at radius 2 is 0.549 bits per heavy atom. The van der Waals surface area contributed by atoms with Gasteiger partial charge in [-0.2, -0.15) is 0 Å². The molecule has 6 nitrogen and oxygen atoms in total. The molecule has 0 saturated heterocycles. The second kappa shape index (κ2) is 58.4. The van der Waals surface area contributed by atoms with Crippen molar-refractivity contribution in [2.45, 2.75) is 258 Å². The third-order valence-corrected chi connectivity index (χ3v) is 11.9. The van der Waals surface area contributed by atoms with Crippen LogP contribution in [0.15, 0.2) is 122 Å². The normalized spacial score (nSPS) is 13.0. The Hall–Kier alpha value is -4.19. The molecule has 0 rings (SSSR count). The van der Waals surface area contributed by atoms with Crippen molar-refractivity contribution in [1.82, 2.24) is 0 Å². The molecule has 0 heterocycles. The fourth-order valence-corrected chi connectivity index (χ4v) is 7.63. The van der Waals surface area contributed by atoms with Gasteiger partial charge in [-0.05, 0) is 128 Å². The van der Waals surface area contributed by atoms with Gasteiger partial charge in [0.15, 0.2) is 6.10 Å². The molecule has 0 aliphatic carbocycles. The molecule has 0 radical (unpaired) electrons. The van der Waals surface area contributed by atoms with Crippen molar-refractivity contribution in [2.75, 3.05) is 13.2 Å². The molecule has 1 atom stereocenters. The average Bonchev–Trinajstić information content (AvgIpc) is 3.37. The Bertz CT molecular complexity index is 1500. The number of unbranched alkanes of at least 4 members (excludes halogenated alkanes) is 20. The number of carbonyl (C=O) groups excluding carboxylic acids is 3. The van der Waals surface area contributed by atoms with Crippen LogP contribution in [-0.4, -0.2) is 37.2 Å². The molecule has 71 heavy (non-hydrogen) atoms. The quantitative estimate of drug-likeness (QED) is 0.0261. The molecule has 0 aromatic heterocycles. The van der Waals surface area contributed by atoms with Crippen molar-refractivity contribution in [3.8, 4) is 0 Å². The van der Waals surface area contributed by atoms with Crippen LogP contribution >= 0.6 is 0 Å². The summed E-state index contributed by atoms with van der Waals surface area (Å²) in [6, 6.07) is 0. The Morgan fingerprint density at radius 1 is 0.296 bits per heavy atom. The van der Waals surface area contributed by atoms with Crippen LogP contribution in [0.2, 0.25) is 0 Å². The van der Waals surface area contributed by atoms with Crippen LogP contribution in [0.5, 0.6) is 0 Å². The van der Waals surface area contributed by atoms with E-state index in [2.05, 4.69) is 142 Å². The number of esters is 3. The highest BCUT2D eigenvalue weighted by Crippen LogP contribution is 2.14. The summed E-state index contributed by atoms with van der Waals surface area (Å²) in [5.74, 6) is -0.956. The minimum absolute atomic E-state index is 0.102. The van der Waals surface area contributed by atoms with Gasteiger partial charge in [0.2, 0.25) is 0 Å². The van der Waals surface area contributed by atoms with Gasteiger partial charge in [-0.25, -0.2) is 0 Å². The highest BCUT2D eigenvalue weighted by Gasteiger charge is 2.19. The van der Waals surface area contributed by atoms with Crippen molar-refractivity contribution in [1.29, 1.82) is 0 Å². The lowest BCUT2D eigenvalue weighted by atomic mass is 10.1. The van der Waals surface area contributed by atoms with Crippen molar-refractivity contribution in [2.24, 2.45) is 0 Å². The molecule has 0 fully saturated rings. The molecule has 0 bridgehead atoms. The van der Waals surface area contributed by atoms with Crippen molar-refractivity contribution in [3.05, 3.63) is 122 Å². The highest BCUT2D eigenvalue weighted by molar-refractivity contribution is 5.71. The van der Waals surface area contributed by atoms with Gasteiger partial charge in [-0.1, -0.05) is 226 Å². The first-order valence-corrected chi connectivity index (χ1v) is 29.0. The fourth-order valence-electron chi connectivity index (χ4n) is 7.63. The summed E-state index contributed by atoms with van der Waals surface area (Å²) in [6.45, 7) is 6.34. The van der Waals surface area contributed by atoms with E-state index in [1.165, 1.54) is 70.6 Å². The zero-order valence-electron chi connectivity index (χ0n) is 45.9. The first-order chi connectivity index (χ1) is 35.0. The first kappa shape index (κ1) is 66.8. The van der Waals surface area contributed by atoms with Crippen molar-refractivity contribution < 1.29 is 28.6 Å². The van der Waals surface area contributed by atoms with Crippen LogP contribution in [-0.2, 0) is 28.6 Å². The van der Waals surface area contributed by atoms with E-state index in [1.807, 2.05) is 0 Å². The second-order valence-electron chi connectivity index (χ2n) is 18.8. The maximum Gasteiger partial charge on any atom is 0.306 e. The maximum absolute atomic E-state index is 12.9. The van der Waals surface area contributed by atoms with Gasteiger partial charge < -0.3 is 14.2 Å². The van der Waals surface area contributed by atoms with Crippen LogP contribution in [0.1, 0.15) is 252 Å². The molecule has 0 N–H and O–H groups in total. The average molecular weight is 984 g/mol. The van der Waals surface area contributed by atoms with Gasteiger partial charge in [0, 0.05) is 19.3 Å². The van der Waals surface area contributed by atoms with Crippen molar-refractivity contribution in [3.63, 3.8) is 0 Å². The van der Waals surface area contributed by atoms with E-state index in [1.54, 1.807) is 0 Å². The molecule has 0 aromatic rings. The summed E-state index contributed by atoms with van der Waals surface area (Å²) >= 11 is 0. The third kappa shape index (κ3) is 56.6. The van der Waals surface area contributed by atoms with Crippen LogP contribution in [0.25, 0.3) is 0 Å². The number of ether oxygens (including phenoxy) is 3. The molecule has 0 amide bonds. The van der Waals surface area contributed by atoms with Gasteiger partial charge in [0.05, 0.1) is 0 Å². The predicted molar refractivity (Wildman–Crippen MR) is 306 cm³/mol. The molecule has 6 heteroatoms. The van der Waals surface area contributed by atoms with Gasteiger partial charge in [-0.15, -0.1) is 0 Å². The maximum atomic E-state index is 12.9. The minimum Gasteiger partial charge on any atom is -0.462 e. The summed E-state index contributed by atoms with van der Waals surface area (Å²) in [7, 11) is 0. The molecule has 402 valence electrons. The summed E-state index contributed by atoms with van der Waals surface area (Å²) < 4.78 is 16.8. The van der Waals surface area contributed by atoms with Gasteiger partial charge in [0.1, 0.15) is 13.2 Å². The lowest BCUT2D eigenvalue weighted by molar-refractivity contribution is -0.167. The summed E-state index contributed by atoms with van der Waals surface area (Å²) in [6.07, 6.45) is 80.4. The number of hydrogen-bond acceptors (Lipinski definition) is 6. The van der Waals surface area contributed by atoms with Gasteiger partial charge in [-0.3, -0.25) is 14.4 Å². The Labute approximate surface area is 437 Å². The van der Waals surface area contributed by atoms with Crippen LogP contribution in [0.3, 0.4) is 0 Å². The monoisotopic (exact) mass is 983 g/mol.